The van der Waals surface area contributed by atoms with Crippen molar-refractivity contribution in [3.8, 4) is 5.75 Å². The van der Waals surface area contributed by atoms with E-state index in [2.05, 4.69) is 24.3 Å². The molecule has 1 nitrogen and oxygen atoms in total. The van der Waals surface area contributed by atoms with Crippen molar-refractivity contribution in [3.63, 3.8) is 0 Å². The molecule has 78 valence electrons. The number of aromatic hydroxyl groups is 1. The number of hydrogen-bond acceptors (Lipinski definition) is 1. The number of rotatable bonds is 3. The molecule has 16 heavy (non-hydrogen) atoms. The third-order valence-corrected chi connectivity index (χ3v) is 2.48. The van der Waals surface area contributed by atoms with Crippen LogP contribution in [0, 0.1) is 0 Å². The Hall–Kier alpha value is -1.16. The molecule has 0 heterocycles. The van der Waals surface area contributed by atoms with Gasteiger partial charge >= 0.3 is 18.9 Å². The first-order valence-corrected chi connectivity index (χ1v) is 5.16. The maximum Gasteiger partial charge on any atom is 1.00 e. The molecule has 0 aliphatic heterocycles. The second-order valence-electron chi connectivity index (χ2n) is 3.65. The van der Waals surface area contributed by atoms with E-state index in [1.807, 2.05) is 18.2 Å². The quantitative estimate of drug-likeness (QED) is 0.716. The van der Waals surface area contributed by atoms with E-state index in [-0.39, 0.29) is 20.3 Å². The Morgan fingerprint density at radius 3 is 1.81 bits per heavy atom. The third-order valence-electron chi connectivity index (χ3n) is 2.48. The Bertz CT molecular complexity index is 414. The van der Waals surface area contributed by atoms with Crippen LogP contribution in [0.5, 0.6) is 5.75 Å². The standard InChI is InChI=1S/C14H14O.Li.H/c15-14-10-8-13(9-11-14)7-6-12-4-2-1-3-5-12;;/h1-5,8-11,15H,6-7H2;;/q;+1;-1. The second kappa shape index (κ2) is 6.43. The van der Waals surface area contributed by atoms with Crippen LogP contribution in [0.4, 0.5) is 0 Å². The van der Waals surface area contributed by atoms with Crippen molar-refractivity contribution < 1.29 is 25.4 Å². The van der Waals surface area contributed by atoms with E-state index in [0.29, 0.717) is 5.75 Å². The zero-order valence-corrected chi connectivity index (χ0v) is 9.56. The summed E-state index contributed by atoms with van der Waals surface area (Å²) in [6.07, 6.45) is 2.07. The zero-order chi connectivity index (χ0) is 10.5. The third kappa shape index (κ3) is 3.77. The summed E-state index contributed by atoms with van der Waals surface area (Å²) in [7, 11) is 0. The molecule has 2 aromatic rings. The molecular weight excluding hydrogens is 191 g/mol. The predicted molar refractivity (Wildman–Crippen MR) is 63.1 cm³/mol. The number of hydrogen-bond donors (Lipinski definition) is 1. The van der Waals surface area contributed by atoms with E-state index in [1.165, 1.54) is 11.1 Å². The molecule has 0 bridgehead atoms. The fraction of sp³-hybridized carbons (Fsp3) is 0.143. The topological polar surface area (TPSA) is 20.2 Å². The van der Waals surface area contributed by atoms with Crippen LogP contribution in [0.3, 0.4) is 0 Å². The second-order valence-corrected chi connectivity index (χ2v) is 3.65. The van der Waals surface area contributed by atoms with E-state index >= 15 is 0 Å². The first-order valence-electron chi connectivity index (χ1n) is 5.16. The number of aryl methyl sites for hydroxylation is 2. The maximum atomic E-state index is 9.14. The van der Waals surface area contributed by atoms with Crippen LogP contribution in [0.2, 0.25) is 0 Å². The SMILES string of the molecule is Oc1ccc(CCc2ccccc2)cc1.[H-].[Li+]. The van der Waals surface area contributed by atoms with Crippen LogP contribution >= 0.6 is 0 Å². The molecule has 2 rings (SSSR count). The number of phenolic OH excluding ortho intramolecular Hbond substituents is 1. The van der Waals surface area contributed by atoms with Gasteiger partial charge in [0.1, 0.15) is 5.75 Å². The molecule has 0 radical (unpaired) electrons. The van der Waals surface area contributed by atoms with Gasteiger partial charge in [0.2, 0.25) is 0 Å². The predicted octanol–water partition coefficient (Wildman–Crippen LogP) is 0.294. The van der Waals surface area contributed by atoms with Gasteiger partial charge in [-0.05, 0) is 36.1 Å². The van der Waals surface area contributed by atoms with E-state index in [0.717, 1.165) is 12.8 Å². The van der Waals surface area contributed by atoms with Gasteiger partial charge in [-0.1, -0.05) is 42.5 Å². The van der Waals surface area contributed by atoms with Crippen molar-refractivity contribution in [3.05, 3.63) is 65.7 Å². The van der Waals surface area contributed by atoms with Crippen LogP contribution in [-0.2, 0) is 12.8 Å². The van der Waals surface area contributed by atoms with Gasteiger partial charge in [0.15, 0.2) is 0 Å². The molecule has 0 unspecified atom stereocenters. The van der Waals surface area contributed by atoms with Crippen molar-refractivity contribution in [1.82, 2.24) is 0 Å². The Morgan fingerprint density at radius 1 is 0.750 bits per heavy atom. The largest absolute Gasteiger partial charge is 1.00 e. The fourth-order valence-electron chi connectivity index (χ4n) is 1.60. The van der Waals surface area contributed by atoms with Gasteiger partial charge in [0, 0.05) is 0 Å². The smallest absolute Gasteiger partial charge is 1.00 e. The molecular formula is C14H15LiO. The average Bonchev–Trinajstić information content (AvgIpc) is 2.30. The van der Waals surface area contributed by atoms with Gasteiger partial charge < -0.3 is 6.53 Å². The van der Waals surface area contributed by atoms with Gasteiger partial charge in [0.25, 0.3) is 0 Å². The van der Waals surface area contributed by atoms with Crippen molar-refractivity contribution >= 4 is 0 Å². The molecule has 0 aliphatic rings. The number of phenols is 1. The normalized spacial score (nSPS) is 9.50. The Labute approximate surface area is 110 Å². The molecule has 0 saturated carbocycles. The summed E-state index contributed by atoms with van der Waals surface area (Å²) >= 11 is 0. The van der Waals surface area contributed by atoms with Crippen LogP contribution < -0.4 is 18.9 Å². The molecule has 0 spiro atoms. The van der Waals surface area contributed by atoms with Crippen molar-refractivity contribution in [2.24, 2.45) is 0 Å². The maximum absolute atomic E-state index is 9.14. The summed E-state index contributed by atoms with van der Waals surface area (Å²) < 4.78 is 0. The summed E-state index contributed by atoms with van der Waals surface area (Å²) in [5.41, 5.74) is 2.61. The molecule has 0 saturated heterocycles. The monoisotopic (exact) mass is 206 g/mol. The van der Waals surface area contributed by atoms with Gasteiger partial charge in [-0.15, -0.1) is 0 Å². The van der Waals surface area contributed by atoms with E-state index in [9.17, 15) is 0 Å². The van der Waals surface area contributed by atoms with Crippen molar-refractivity contribution in [2.45, 2.75) is 12.8 Å². The summed E-state index contributed by atoms with van der Waals surface area (Å²) in [5.74, 6) is 0.332. The molecule has 0 aliphatic carbocycles. The Kier molecular flexibility index (Phi) is 5.18. The van der Waals surface area contributed by atoms with Crippen molar-refractivity contribution in [2.75, 3.05) is 0 Å². The minimum atomic E-state index is 0. The Balaban J connectivity index is 0.00000128. The van der Waals surface area contributed by atoms with Gasteiger partial charge in [-0.25, -0.2) is 0 Å². The molecule has 2 aromatic carbocycles. The summed E-state index contributed by atoms with van der Waals surface area (Å²) in [4.78, 5) is 0. The summed E-state index contributed by atoms with van der Waals surface area (Å²) in [6, 6.07) is 17.8. The van der Waals surface area contributed by atoms with Crippen LogP contribution in [0.25, 0.3) is 0 Å². The Morgan fingerprint density at radius 2 is 1.25 bits per heavy atom. The fourth-order valence-corrected chi connectivity index (χ4v) is 1.60. The van der Waals surface area contributed by atoms with Gasteiger partial charge in [-0.3, -0.25) is 0 Å². The van der Waals surface area contributed by atoms with Gasteiger partial charge in [0.05, 0.1) is 0 Å². The van der Waals surface area contributed by atoms with E-state index in [4.69, 9.17) is 5.11 Å². The zero-order valence-electron chi connectivity index (χ0n) is 10.6. The van der Waals surface area contributed by atoms with E-state index < -0.39 is 0 Å². The van der Waals surface area contributed by atoms with Crippen LogP contribution in [0.1, 0.15) is 12.6 Å². The van der Waals surface area contributed by atoms with Crippen LogP contribution in [0.15, 0.2) is 54.6 Å². The summed E-state index contributed by atoms with van der Waals surface area (Å²) in [6.45, 7) is 0. The molecule has 2 heteroatoms. The molecule has 0 fully saturated rings. The van der Waals surface area contributed by atoms with Crippen molar-refractivity contribution in [1.29, 1.82) is 0 Å². The summed E-state index contributed by atoms with van der Waals surface area (Å²) in [5, 5.41) is 9.14. The minimum Gasteiger partial charge on any atom is -1.00 e. The first-order chi connectivity index (χ1) is 7.34. The number of benzene rings is 2. The average molecular weight is 206 g/mol. The molecule has 1 N–H and O–H groups in total. The van der Waals surface area contributed by atoms with Crippen LogP contribution in [-0.4, -0.2) is 5.11 Å². The molecule has 0 atom stereocenters. The van der Waals surface area contributed by atoms with Gasteiger partial charge in [-0.2, -0.15) is 0 Å². The molecule has 0 amide bonds. The van der Waals surface area contributed by atoms with E-state index in [1.54, 1.807) is 12.1 Å². The molecule has 0 aromatic heterocycles. The minimum absolute atomic E-state index is 0. The first kappa shape index (κ1) is 12.9.